The van der Waals surface area contributed by atoms with Crippen LogP contribution in [0.4, 0.5) is 0 Å². The summed E-state index contributed by atoms with van der Waals surface area (Å²) in [6, 6.07) is 0.734. The third-order valence-electron chi connectivity index (χ3n) is 2.88. The maximum Gasteiger partial charge on any atom is 0.00666 e. The van der Waals surface area contributed by atoms with Gasteiger partial charge in [-0.1, -0.05) is 34.1 Å². The van der Waals surface area contributed by atoms with Crippen molar-refractivity contribution in [3.8, 4) is 0 Å². The van der Waals surface area contributed by atoms with E-state index in [9.17, 15) is 0 Å². The van der Waals surface area contributed by atoms with Gasteiger partial charge in [-0.3, -0.25) is 0 Å². The van der Waals surface area contributed by atoms with Gasteiger partial charge in [-0.2, -0.15) is 0 Å². The van der Waals surface area contributed by atoms with Crippen molar-refractivity contribution in [2.45, 2.75) is 59.4 Å². The molecule has 0 aliphatic rings. The highest BCUT2D eigenvalue weighted by Gasteiger charge is 2.10. The van der Waals surface area contributed by atoms with Gasteiger partial charge in [0.15, 0.2) is 0 Å². The molecule has 0 heterocycles. The van der Waals surface area contributed by atoms with E-state index in [0.717, 1.165) is 17.9 Å². The molecule has 0 aliphatic heterocycles. The Bertz CT molecular complexity index is 110. The van der Waals surface area contributed by atoms with E-state index in [0.29, 0.717) is 0 Å². The molecular formula is C12H27N. The van der Waals surface area contributed by atoms with Crippen LogP contribution in [0.5, 0.6) is 0 Å². The Balaban J connectivity index is 3.62. The van der Waals surface area contributed by atoms with Crippen molar-refractivity contribution in [3.63, 3.8) is 0 Å². The maximum absolute atomic E-state index is 3.42. The minimum absolute atomic E-state index is 0.734. The molecule has 0 bridgehead atoms. The standard InChI is InChI=1S/C12H27N/c1-6-11(4)9-12(13-5)8-7-10(2)3/h10-13H,6-9H2,1-5H3. The lowest BCUT2D eigenvalue weighted by Crippen LogP contribution is -2.27. The SMILES string of the molecule is CCC(C)CC(CCC(C)C)NC. The average Bonchev–Trinajstić information content (AvgIpc) is 2.11. The van der Waals surface area contributed by atoms with E-state index in [2.05, 4.69) is 40.1 Å². The minimum atomic E-state index is 0.734. The first-order valence-corrected chi connectivity index (χ1v) is 5.77. The molecule has 0 fully saturated rings. The van der Waals surface area contributed by atoms with Crippen LogP contribution >= 0.6 is 0 Å². The predicted molar refractivity (Wildman–Crippen MR) is 61.0 cm³/mol. The zero-order valence-electron chi connectivity index (χ0n) is 10.1. The van der Waals surface area contributed by atoms with Gasteiger partial charge in [-0.05, 0) is 38.1 Å². The van der Waals surface area contributed by atoms with Crippen molar-refractivity contribution in [2.75, 3.05) is 7.05 Å². The third kappa shape index (κ3) is 7.06. The Labute approximate surface area is 84.3 Å². The van der Waals surface area contributed by atoms with Crippen molar-refractivity contribution in [1.82, 2.24) is 5.32 Å². The summed E-state index contributed by atoms with van der Waals surface area (Å²) in [6.07, 6.45) is 5.32. The van der Waals surface area contributed by atoms with Gasteiger partial charge >= 0.3 is 0 Å². The molecule has 2 unspecified atom stereocenters. The summed E-state index contributed by atoms with van der Waals surface area (Å²) in [6.45, 7) is 9.23. The van der Waals surface area contributed by atoms with E-state index in [-0.39, 0.29) is 0 Å². The maximum atomic E-state index is 3.42. The first kappa shape index (κ1) is 13.0. The molecule has 0 saturated heterocycles. The molecule has 0 aromatic rings. The molecule has 1 heteroatoms. The van der Waals surface area contributed by atoms with E-state index in [4.69, 9.17) is 0 Å². The molecular weight excluding hydrogens is 158 g/mol. The second-order valence-corrected chi connectivity index (χ2v) is 4.71. The largest absolute Gasteiger partial charge is 0.317 e. The van der Waals surface area contributed by atoms with Gasteiger partial charge < -0.3 is 5.32 Å². The highest BCUT2D eigenvalue weighted by molar-refractivity contribution is 4.68. The average molecular weight is 185 g/mol. The van der Waals surface area contributed by atoms with E-state index in [1.54, 1.807) is 0 Å². The summed E-state index contributed by atoms with van der Waals surface area (Å²) in [5.41, 5.74) is 0. The molecule has 1 nitrogen and oxygen atoms in total. The van der Waals surface area contributed by atoms with Crippen LogP contribution in [0, 0.1) is 11.8 Å². The van der Waals surface area contributed by atoms with Crippen molar-refractivity contribution in [1.29, 1.82) is 0 Å². The lowest BCUT2D eigenvalue weighted by Gasteiger charge is -2.20. The fourth-order valence-electron chi connectivity index (χ4n) is 1.57. The van der Waals surface area contributed by atoms with E-state index in [1.807, 2.05) is 0 Å². The van der Waals surface area contributed by atoms with Crippen molar-refractivity contribution >= 4 is 0 Å². The van der Waals surface area contributed by atoms with Crippen LogP contribution in [0.25, 0.3) is 0 Å². The Hall–Kier alpha value is -0.0400. The van der Waals surface area contributed by atoms with Gasteiger partial charge in [0.25, 0.3) is 0 Å². The van der Waals surface area contributed by atoms with Crippen molar-refractivity contribution in [3.05, 3.63) is 0 Å². The van der Waals surface area contributed by atoms with E-state index >= 15 is 0 Å². The molecule has 0 spiro atoms. The van der Waals surface area contributed by atoms with Crippen LogP contribution in [0.3, 0.4) is 0 Å². The highest BCUT2D eigenvalue weighted by Crippen LogP contribution is 2.15. The summed E-state index contributed by atoms with van der Waals surface area (Å²) >= 11 is 0. The van der Waals surface area contributed by atoms with Crippen LogP contribution in [0.1, 0.15) is 53.4 Å². The van der Waals surface area contributed by atoms with Gasteiger partial charge in [0, 0.05) is 6.04 Å². The van der Waals surface area contributed by atoms with Crippen LogP contribution in [-0.2, 0) is 0 Å². The van der Waals surface area contributed by atoms with Crippen molar-refractivity contribution < 1.29 is 0 Å². The number of hydrogen-bond acceptors (Lipinski definition) is 1. The lowest BCUT2D eigenvalue weighted by atomic mass is 9.94. The van der Waals surface area contributed by atoms with Gasteiger partial charge in [0.1, 0.15) is 0 Å². The van der Waals surface area contributed by atoms with Crippen molar-refractivity contribution in [2.24, 2.45) is 11.8 Å². The second-order valence-electron chi connectivity index (χ2n) is 4.71. The zero-order chi connectivity index (χ0) is 10.3. The van der Waals surface area contributed by atoms with E-state index < -0.39 is 0 Å². The smallest absolute Gasteiger partial charge is 0.00666 e. The summed E-state index contributed by atoms with van der Waals surface area (Å²) in [5, 5.41) is 3.42. The molecule has 2 atom stereocenters. The minimum Gasteiger partial charge on any atom is -0.317 e. The quantitative estimate of drug-likeness (QED) is 0.640. The topological polar surface area (TPSA) is 12.0 Å². The fourth-order valence-corrected chi connectivity index (χ4v) is 1.57. The summed E-state index contributed by atoms with van der Waals surface area (Å²) in [7, 11) is 2.09. The molecule has 0 aliphatic carbocycles. The summed E-state index contributed by atoms with van der Waals surface area (Å²) in [5.74, 6) is 1.71. The number of hydrogen-bond donors (Lipinski definition) is 1. The second kappa shape index (κ2) is 7.37. The molecule has 0 saturated carbocycles. The van der Waals surface area contributed by atoms with Crippen LogP contribution in [0.15, 0.2) is 0 Å². The zero-order valence-corrected chi connectivity index (χ0v) is 10.1. The van der Waals surface area contributed by atoms with Crippen LogP contribution < -0.4 is 5.32 Å². The molecule has 0 amide bonds. The van der Waals surface area contributed by atoms with Gasteiger partial charge in [-0.25, -0.2) is 0 Å². The summed E-state index contributed by atoms with van der Waals surface area (Å²) in [4.78, 5) is 0. The van der Waals surface area contributed by atoms with E-state index in [1.165, 1.54) is 25.7 Å². The molecule has 0 aromatic heterocycles. The lowest BCUT2D eigenvalue weighted by molar-refractivity contribution is 0.371. The third-order valence-corrected chi connectivity index (χ3v) is 2.88. The fraction of sp³-hybridized carbons (Fsp3) is 1.00. The van der Waals surface area contributed by atoms with Crippen LogP contribution in [0.2, 0.25) is 0 Å². The first-order valence-electron chi connectivity index (χ1n) is 5.77. The number of rotatable bonds is 7. The van der Waals surface area contributed by atoms with Gasteiger partial charge in [0.2, 0.25) is 0 Å². The normalized spacial score (nSPS) is 16.2. The Morgan fingerprint density at radius 1 is 1.08 bits per heavy atom. The van der Waals surface area contributed by atoms with Gasteiger partial charge in [0.05, 0.1) is 0 Å². The highest BCUT2D eigenvalue weighted by atomic mass is 14.9. The molecule has 0 rings (SSSR count). The molecule has 0 radical (unpaired) electrons. The number of nitrogens with one attached hydrogen (secondary N) is 1. The molecule has 1 N–H and O–H groups in total. The first-order chi connectivity index (χ1) is 6.10. The Kier molecular flexibility index (Phi) is 7.35. The molecule has 80 valence electrons. The summed E-state index contributed by atoms with van der Waals surface area (Å²) < 4.78 is 0. The predicted octanol–water partition coefficient (Wildman–Crippen LogP) is 3.45. The monoisotopic (exact) mass is 185 g/mol. The molecule has 0 aromatic carbocycles. The molecule has 13 heavy (non-hydrogen) atoms. The van der Waals surface area contributed by atoms with Gasteiger partial charge in [-0.15, -0.1) is 0 Å². The Morgan fingerprint density at radius 3 is 2.08 bits per heavy atom. The Morgan fingerprint density at radius 2 is 1.69 bits per heavy atom. The van der Waals surface area contributed by atoms with Crippen LogP contribution in [-0.4, -0.2) is 13.1 Å².